The van der Waals surface area contributed by atoms with Crippen LogP contribution in [0.4, 0.5) is 0 Å². The number of benzene rings is 9. The van der Waals surface area contributed by atoms with Crippen molar-refractivity contribution in [1.82, 2.24) is 0 Å². The van der Waals surface area contributed by atoms with Crippen LogP contribution < -0.4 is 62.6 Å². The van der Waals surface area contributed by atoms with E-state index in [9.17, 15) is 52.6 Å². The summed E-state index contributed by atoms with van der Waals surface area (Å²) >= 11 is 5.63. The Labute approximate surface area is 768 Å². The Morgan fingerprint density at radius 3 is 0.652 bits per heavy atom. The van der Waals surface area contributed by atoms with E-state index in [1.165, 1.54) is 45.3 Å². The predicted molar refractivity (Wildman–Crippen MR) is 503 cm³/mol. The molecule has 0 amide bonds. The van der Waals surface area contributed by atoms with E-state index in [-0.39, 0.29) is 80.2 Å². The monoisotopic (exact) mass is 1760 g/mol. The molecule has 0 radical (unpaired) electrons. The summed E-state index contributed by atoms with van der Waals surface area (Å²) in [6.07, 6.45) is 10.4. The van der Waals surface area contributed by atoms with Gasteiger partial charge in [0.15, 0.2) is 0 Å². The molecule has 24 nitrogen and oxygen atoms in total. The molecule has 4 bridgehead atoms. The lowest BCUT2D eigenvalue weighted by atomic mass is 9.66. The fraction of sp³-hybridized carbons (Fsp3) is 0.0962. The molecule has 2 unspecified atom stereocenters. The number of nitriles is 12. The van der Waals surface area contributed by atoms with Crippen LogP contribution in [0.25, 0.3) is 199 Å². The van der Waals surface area contributed by atoms with E-state index >= 15 is 0 Å². The van der Waals surface area contributed by atoms with E-state index in [4.69, 9.17) is 89.4 Å². The molecule has 9 aromatic carbocycles. The molecule has 19 rings (SSSR count). The lowest BCUT2D eigenvalue weighted by molar-refractivity contribution is 0.355. The fourth-order valence-corrected chi connectivity index (χ4v) is 20.9. The summed E-state index contributed by atoms with van der Waals surface area (Å²) in [5, 5.41) is 132. The molecule has 0 spiro atoms. The Kier molecular flexibility index (Phi) is 28.3. The van der Waals surface area contributed by atoms with Gasteiger partial charge in [-0.15, -0.1) is 45.3 Å². The maximum absolute atomic E-state index is 9.36. The van der Waals surface area contributed by atoms with Gasteiger partial charge in [0.25, 0.3) is 68.4 Å². The average Bonchev–Trinajstić information content (AvgIpc) is 1.73. The molecule has 6 aliphatic rings. The summed E-state index contributed by atoms with van der Waals surface area (Å²) in [4.78, 5) is 39.9. The zero-order valence-corrected chi connectivity index (χ0v) is 71.3. The zero-order valence-electron chi connectivity index (χ0n) is 68.1. The summed E-state index contributed by atoms with van der Waals surface area (Å²) in [5.74, 6) is 0.993. The van der Waals surface area contributed by atoms with Crippen LogP contribution in [0.1, 0.15) is 84.5 Å². The highest BCUT2D eigenvalue weighted by Crippen LogP contribution is 2.47. The molecule has 2 atom stereocenters. The van der Waals surface area contributed by atoms with Crippen LogP contribution in [0.15, 0.2) is 167 Å². The number of allylic oxidation sites excluding steroid dienone is 2. The van der Waals surface area contributed by atoms with Gasteiger partial charge < -0.3 is 0 Å². The van der Waals surface area contributed by atoms with E-state index in [1.54, 1.807) is 60.7 Å². The van der Waals surface area contributed by atoms with Gasteiger partial charge in [0.1, 0.15) is 0 Å². The number of hydrogen-bond donors (Lipinski definition) is 0. The SMILES string of the molecule is [C-]#[N+]/C(C#N)=c1/c2ccsc2/c(=C(\C#N)[N+]#[C-])c2ccsc12.[C-]#[N+]/C(C#N)=c1\cc/c(=C(/C#N)[N+]#[C-])c2c1C1C=CC2CC1.[C-]#[N+]/C(C#N)=c1\cc/c(=C(/C#N)[N+]#[C-])c2c1C1CCC2CC1.[C-]#[N+]/C(C#N)=c1\cc/c(=C(/C#N)[N+]#[C-])c2ccccc12.[C-]#[N+]C(C#N)=c1c2ccccc2c(=C(C#N)[N+]#[C-])c2ccccc12.[C-]#[N+]C(C#N)=c1c2ccsc2c(=C(C#N)[N+]#[C-])c2sccc12. The minimum Gasteiger partial charge on any atom is -0.226 e. The first-order valence-electron chi connectivity index (χ1n) is 38.6. The summed E-state index contributed by atoms with van der Waals surface area (Å²) < 4.78 is 3.08. The van der Waals surface area contributed by atoms with Crippen molar-refractivity contribution in [2.75, 3.05) is 0 Å². The molecule has 13 aromatic rings. The third-order valence-electron chi connectivity index (χ3n) is 22.3. The summed E-state index contributed by atoms with van der Waals surface area (Å²) in [6, 6.07) is 62.4. The van der Waals surface area contributed by atoms with E-state index in [1.807, 2.05) is 167 Å². The summed E-state index contributed by atoms with van der Waals surface area (Å²) in [5.41, 5.74) is 4.48. The molecular formula is C104H44N24S4. The second kappa shape index (κ2) is 41.1. The maximum atomic E-state index is 9.36. The second-order valence-electron chi connectivity index (χ2n) is 28.3. The number of nitrogens with zero attached hydrogens (tertiary/aromatic N) is 24. The highest BCUT2D eigenvalue weighted by Gasteiger charge is 2.36. The largest absolute Gasteiger partial charge is 0.271 e. The van der Waals surface area contributed by atoms with Crippen LogP contribution in [0, 0.1) is 215 Å². The van der Waals surface area contributed by atoms with Gasteiger partial charge in [-0.25, -0.2) is 121 Å². The summed E-state index contributed by atoms with van der Waals surface area (Å²) in [6.45, 7) is 86.5. The van der Waals surface area contributed by atoms with Gasteiger partial charge in [-0.2, -0.15) is 0 Å². The van der Waals surface area contributed by atoms with Crippen molar-refractivity contribution in [3.8, 4) is 72.8 Å². The average molecular weight is 1760 g/mol. The van der Waals surface area contributed by atoms with Gasteiger partial charge in [-0.05, 0) is 204 Å². The maximum Gasteiger partial charge on any atom is 0.271 e. The standard InChI is InChI=1S/C20H8N4.C18H12N4.C18H10N4.2C16H4N4S2.C16H6N4/c1-23-17(11-21)19-13-7-3-5-9-15(13)20(18(12-22)24-2)16-10-6-4-8-14(16)19;2*1-21-15(9-19)13-7-8-14(16(10-20)22-2)18-12-5-3-11(4-6-12)17(13)18;1-19-11(7-17)13-9-3-5-22-16(9)14(12(8-18)20-2)10-4-6-21-15(10)13;1-19-11(7-17)13-9-3-5-21-15(9)14(12(8-18)20-2)16-10(13)4-6-22-16;1-19-15(9-17)13-7-8-14(16(10-18)20-2)12-6-4-3-5-11(12)13/h3-10H;7-8,11-12H,3-6H2;3,5,7-8,11-12H,4,6H2;2*3-6H;3-8H/b;2*15-13+,16-14+;13-11-,14-12+;;15-13+,16-14+. The molecular weight excluding hydrogens is 1710 g/mol. The van der Waals surface area contributed by atoms with Crippen molar-refractivity contribution >= 4 is 186 Å². The van der Waals surface area contributed by atoms with Crippen LogP contribution in [-0.2, 0) is 0 Å². The Hall–Kier alpha value is -20.5. The molecule has 1 fully saturated rings. The van der Waals surface area contributed by atoms with Gasteiger partial charge in [-0.1, -0.05) is 121 Å². The van der Waals surface area contributed by atoms with Crippen molar-refractivity contribution in [3.63, 3.8) is 0 Å². The number of hydrogen-bond acceptors (Lipinski definition) is 16. The van der Waals surface area contributed by atoms with Crippen LogP contribution in [0.3, 0.4) is 0 Å². The smallest absolute Gasteiger partial charge is 0.226 e. The van der Waals surface area contributed by atoms with Crippen molar-refractivity contribution in [3.05, 3.63) is 389 Å². The molecule has 4 heterocycles. The minimum atomic E-state index is -0.00549. The number of fused-ring (bicyclic) bond motifs is 10. The Morgan fingerprint density at radius 1 is 0.212 bits per heavy atom. The Balaban J connectivity index is 0.000000143. The normalized spacial score (nSPS) is 15.2. The second-order valence-corrected chi connectivity index (χ2v) is 31.9. The first-order chi connectivity index (χ1) is 64.5. The van der Waals surface area contributed by atoms with E-state index in [2.05, 4.69) is 70.3 Å². The highest BCUT2D eigenvalue weighted by atomic mass is 32.1. The van der Waals surface area contributed by atoms with E-state index < -0.39 is 0 Å². The molecule has 132 heavy (non-hydrogen) atoms. The predicted octanol–water partition coefficient (Wildman–Crippen LogP) is 16.3. The lowest BCUT2D eigenvalue weighted by Gasteiger charge is -2.39. The van der Waals surface area contributed by atoms with E-state index in [0.29, 0.717) is 107 Å². The van der Waals surface area contributed by atoms with Gasteiger partial charge in [-0.3, -0.25) is 0 Å². The number of rotatable bonds is 0. The molecule has 0 saturated heterocycles. The third-order valence-corrected chi connectivity index (χ3v) is 26.0. The Bertz CT molecular complexity index is 8340. The third kappa shape index (κ3) is 16.5. The van der Waals surface area contributed by atoms with Gasteiger partial charge in [0.05, 0.1) is 152 Å². The van der Waals surface area contributed by atoms with Gasteiger partial charge >= 0.3 is 0 Å². The highest BCUT2D eigenvalue weighted by molar-refractivity contribution is 7.20. The zero-order chi connectivity index (χ0) is 94.4. The molecule has 6 aliphatic carbocycles. The molecule has 4 aromatic heterocycles. The van der Waals surface area contributed by atoms with Crippen LogP contribution in [-0.4, -0.2) is 0 Å². The fourth-order valence-electron chi connectivity index (χ4n) is 17.0. The molecule has 0 N–H and O–H groups in total. The van der Waals surface area contributed by atoms with Crippen LogP contribution >= 0.6 is 45.3 Å². The van der Waals surface area contributed by atoms with Gasteiger partial charge in [0, 0.05) is 61.9 Å². The quantitative estimate of drug-likeness (QED) is 0.0777. The van der Waals surface area contributed by atoms with Crippen molar-refractivity contribution in [2.45, 2.75) is 62.2 Å². The summed E-state index contributed by atoms with van der Waals surface area (Å²) in [7, 11) is 0. The molecule has 28 heteroatoms. The molecule has 604 valence electrons. The first kappa shape index (κ1) is 90.8. The lowest BCUT2D eigenvalue weighted by Crippen LogP contribution is -2.35. The van der Waals surface area contributed by atoms with Crippen molar-refractivity contribution in [2.24, 2.45) is 0 Å². The van der Waals surface area contributed by atoms with Crippen LogP contribution in [0.2, 0.25) is 0 Å². The topological polar surface area (TPSA) is 338 Å². The molecule has 0 aliphatic heterocycles. The van der Waals surface area contributed by atoms with Crippen molar-refractivity contribution < 1.29 is 0 Å². The van der Waals surface area contributed by atoms with Crippen LogP contribution in [0.5, 0.6) is 0 Å². The first-order valence-corrected chi connectivity index (χ1v) is 42.1. The Morgan fingerprint density at radius 2 is 0.409 bits per heavy atom. The van der Waals surface area contributed by atoms with E-state index in [0.717, 1.165) is 101 Å². The molecule has 1 saturated carbocycles. The number of thiophene rings is 4. The minimum absolute atomic E-state index is 0.00438. The van der Waals surface area contributed by atoms with Gasteiger partial charge in [0.2, 0.25) is 0 Å². The van der Waals surface area contributed by atoms with Crippen molar-refractivity contribution in [1.29, 1.82) is 63.1 Å².